The minimum atomic E-state index is -0.238. The van der Waals surface area contributed by atoms with E-state index in [1.807, 2.05) is 50.2 Å². The van der Waals surface area contributed by atoms with Crippen LogP contribution >= 0.6 is 0 Å². The number of carbonyl (C=O) groups is 2. The molecule has 0 bridgehead atoms. The Balaban J connectivity index is 1.57. The van der Waals surface area contributed by atoms with Gasteiger partial charge in [0.2, 0.25) is 11.8 Å². The van der Waals surface area contributed by atoms with Crippen LogP contribution in [0.5, 0.6) is 0 Å². The van der Waals surface area contributed by atoms with Crippen molar-refractivity contribution in [3.8, 4) is 0 Å². The summed E-state index contributed by atoms with van der Waals surface area (Å²) in [7, 11) is 0. The van der Waals surface area contributed by atoms with E-state index in [4.69, 9.17) is 0 Å². The fourth-order valence-electron chi connectivity index (χ4n) is 3.72. The maximum atomic E-state index is 12.6. The second-order valence-electron chi connectivity index (χ2n) is 7.50. The summed E-state index contributed by atoms with van der Waals surface area (Å²) < 4.78 is 0. The topological polar surface area (TPSA) is 82.3 Å². The van der Waals surface area contributed by atoms with E-state index in [0.29, 0.717) is 25.1 Å². The van der Waals surface area contributed by atoms with Crippen LogP contribution in [0, 0.1) is 19.8 Å². The Bertz CT molecular complexity index is 905. The zero-order valence-electron chi connectivity index (χ0n) is 16.5. The Morgan fingerprint density at radius 3 is 2.68 bits per heavy atom. The number of aromatic nitrogens is 1. The Labute approximate surface area is 165 Å². The summed E-state index contributed by atoms with van der Waals surface area (Å²) >= 11 is 0. The molecule has 1 saturated heterocycles. The molecule has 2 heterocycles. The van der Waals surface area contributed by atoms with Crippen molar-refractivity contribution < 1.29 is 9.59 Å². The lowest BCUT2D eigenvalue weighted by Crippen LogP contribution is -2.46. The van der Waals surface area contributed by atoms with E-state index < -0.39 is 0 Å². The first-order valence-corrected chi connectivity index (χ1v) is 9.73. The summed E-state index contributed by atoms with van der Waals surface area (Å²) in [6.07, 6.45) is 1.92. The van der Waals surface area contributed by atoms with Crippen molar-refractivity contribution in [1.29, 1.82) is 0 Å². The third-order valence-electron chi connectivity index (χ3n) is 5.28. The van der Waals surface area contributed by atoms with Crippen LogP contribution in [0.1, 0.15) is 35.2 Å². The van der Waals surface area contributed by atoms with Crippen LogP contribution in [0.4, 0.5) is 0 Å². The molecule has 0 radical (unpaired) electrons. The first-order chi connectivity index (χ1) is 13.4. The minimum Gasteiger partial charge on any atom is -0.352 e. The standard InChI is InChI=1S/C22H27N3O3/c1-15-11-16(2)24-22(28)19(15)13-23-21(27)18-9-6-10-25(14-18)20(26)12-17-7-4-3-5-8-17/h3-5,7-8,11,18H,6,9-10,12-14H2,1-2H3,(H,23,27)(H,24,28). The summed E-state index contributed by atoms with van der Waals surface area (Å²) in [5, 5.41) is 2.88. The monoisotopic (exact) mass is 381 g/mol. The number of likely N-dealkylation sites (tertiary alicyclic amines) is 1. The van der Waals surface area contributed by atoms with Crippen molar-refractivity contribution in [2.45, 2.75) is 39.7 Å². The number of benzene rings is 1. The van der Waals surface area contributed by atoms with E-state index in [1.54, 1.807) is 4.90 Å². The molecule has 1 aliphatic rings. The van der Waals surface area contributed by atoms with Gasteiger partial charge in [0.05, 0.1) is 12.3 Å². The maximum absolute atomic E-state index is 12.6. The molecule has 0 saturated carbocycles. The van der Waals surface area contributed by atoms with Gasteiger partial charge in [0, 0.05) is 30.9 Å². The molecule has 1 aromatic heterocycles. The zero-order chi connectivity index (χ0) is 20.1. The fourth-order valence-corrected chi connectivity index (χ4v) is 3.72. The molecule has 2 amide bonds. The van der Waals surface area contributed by atoms with Gasteiger partial charge in [0.15, 0.2) is 0 Å². The first kappa shape index (κ1) is 19.9. The molecule has 2 aromatic rings. The lowest BCUT2D eigenvalue weighted by atomic mass is 9.96. The highest BCUT2D eigenvalue weighted by molar-refractivity contribution is 5.82. The number of pyridine rings is 1. The Morgan fingerprint density at radius 1 is 1.21 bits per heavy atom. The SMILES string of the molecule is Cc1cc(C)c(CNC(=O)C2CCCN(C(=O)Cc3ccccc3)C2)c(=O)[nH]1. The Hall–Kier alpha value is -2.89. The molecule has 2 N–H and O–H groups in total. The van der Waals surface area contributed by atoms with Crippen LogP contribution in [0.25, 0.3) is 0 Å². The smallest absolute Gasteiger partial charge is 0.253 e. The molecule has 1 aromatic carbocycles. The fraction of sp³-hybridized carbons (Fsp3) is 0.409. The van der Waals surface area contributed by atoms with Crippen LogP contribution in [-0.4, -0.2) is 34.8 Å². The number of carbonyl (C=O) groups excluding carboxylic acids is 2. The molecule has 0 aliphatic carbocycles. The molecule has 1 aliphatic heterocycles. The number of amides is 2. The van der Waals surface area contributed by atoms with Gasteiger partial charge < -0.3 is 15.2 Å². The number of H-pyrrole nitrogens is 1. The summed E-state index contributed by atoms with van der Waals surface area (Å²) in [5.41, 5.74) is 3.06. The van der Waals surface area contributed by atoms with Crippen molar-refractivity contribution in [2.75, 3.05) is 13.1 Å². The van der Waals surface area contributed by atoms with E-state index >= 15 is 0 Å². The lowest BCUT2D eigenvalue weighted by Gasteiger charge is -2.32. The van der Waals surface area contributed by atoms with Crippen LogP contribution in [0.3, 0.4) is 0 Å². The highest BCUT2D eigenvalue weighted by atomic mass is 16.2. The van der Waals surface area contributed by atoms with Gasteiger partial charge in [0.25, 0.3) is 5.56 Å². The summed E-state index contributed by atoms with van der Waals surface area (Å²) in [6, 6.07) is 11.5. The number of rotatable bonds is 5. The van der Waals surface area contributed by atoms with Gasteiger partial charge in [-0.25, -0.2) is 0 Å². The molecule has 1 fully saturated rings. The molecule has 1 unspecified atom stereocenters. The molecular weight excluding hydrogens is 354 g/mol. The molecule has 6 heteroatoms. The van der Waals surface area contributed by atoms with Gasteiger partial charge in [-0.05, 0) is 43.9 Å². The van der Waals surface area contributed by atoms with Gasteiger partial charge in [-0.15, -0.1) is 0 Å². The highest BCUT2D eigenvalue weighted by Crippen LogP contribution is 2.18. The van der Waals surface area contributed by atoms with Crippen LogP contribution in [0.2, 0.25) is 0 Å². The van der Waals surface area contributed by atoms with Crippen LogP contribution in [-0.2, 0) is 22.6 Å². The number of aryl methyl sites for hydroxylation is 2. The largest absolute Gasteiger partial charge is 0.352 e. The number of piperidine rings is 1. The molecule has 148 valence electrons. The van der Waals surface area contributed by atoms with Gasteiger partial charge in [-0.2, -0.15) is 0 Å². The summed E-state index contributed by atoms with van der Waals surface area (Å²) in [4.78, 5) is 41.9. The Kier molecular flexibility index (Phi) is 6.29. The number of hydrogen-bond acceptors (Lipinski definition) is 3. The predicted molar refractivity (Wildman–Crippen MR) is 108 cm³/mol. The van der Waals surface area contributed by atoms with Gasteiger partial charge in [-0.3, -0.25) is 14.4 Å². The van der Waals surface area contributed by atoms with E-state index in [1.165, 1.54) is 0 Å². The van der Waals surface area contributed by atoms with Crippen molar-refractivity contribution in [3.63, 3.8) is 0 Å². The molecule has 1 atom stereocenters. The average Bonchev–Trinajstić information content (AvgIpc) is 2.68. The first-order valence-electron chi connectivity index (χ1n) is 9.73. The normalized spacial score (nSPS) is 16.6. The number of nitrogens with one attached hydrogen (secondary N) is 2. The molecule has 3 rings (SSSR count). The average molecular weight is 381 g/mol. The van der Waals surface area contributed by atoms with Crippen LogP contribution in [0.15, 0.2) is 41.2 Å². The Morgan fingerprint density at radius 2 is 1.96 bits per heavy atom. The minimum absolute atomic E-state index is 0.0505. The van der Waals surface area contributed by atoms with Gasteiger partial charge in [-0.1, -0.05) is 30.3 Å². The number of aromatic amines is 1. The van der Waals surface area contributed by atoms with Crippen LogP contribution < -0.4 is 10.9 Å². The van der Waals surface area contributed by atoms with Gasteiger partial charge >= 0.3 is 0 Å². The van der Waals surface area contributed by atoms with Crippen molar-refractivity contribution >= 4 is 11.8 Å². The lowest BCUT2D eigenvalue weighted by molar-refractivity contribution is -0.135. The van der Waals surface area contributed by atoms with E-state index in [9.17, 15) is 14.4 Å². The molecule has 6 nitrogen and oxygen atoms in total. The number of hydrogen-bond donors (Lipinski definition) is 2. The predicted octanol–water partition coefficient (Wildman–Crippen LogP) is 2.09. The van der Waals surface area contributed by atoms with E-state index in [0.717, 1.165) is 29.7 Å². The second-order valence-corrected chi connectivity index (χ2v) is 7.50. The highest BCUT2D eigenvalue weighted by Gasteiger charge is 2.28. The maximum Gasteiger partial charge on any atom is 0.253 e. The molecule has 28 heavy (non-hydrogen) atoms. The van der Waals surface area contributed by atoms with Crippen molar-refractivity contribution in [1.82, 2.24) is 15.2 Å². The van der Waals surface area contributed by atoms with E-state index in [-0.39, 0.29) is 29.8 Å². The summed E-state index contributed by atoms with van der Waals surface area (Å²) in [6.45, 7) is 5.02. The summed E-state index contributed by atoms with van der Waals surface area (Å²) in [5.74, 6) is -0.288. The third kappa shape index (κ3) is 4.88. The van der Waals surface area contributed by atoms with Crippen molar-refractivity contribution in [2.24, 2.45) is 5.92 Å². The van der Waals surface area contributed by atoms with E-state index in [2.05, 4.69) is 10.3 Å². The van der Waals surface area contributed by atoms with Crippen molar-refractivity contribution in [3.05, 3.63) is 69.1 Å². The zero-order valence-corrected chi connectivity index (χ0v) is 16.5. The number of nitrogens with zero attached hydrogens (tertiary/aromatic N) is 1. The second kappa shape index (κ2) is 8.87. The van der Waals surface area contributed by atoms with Gasteiger partial charge in [0.1, 0.15) is 0 Å². The molecular formula is C22H27N3O3. The third-order valence-corrected chi connectivity index (χ3v) is 5.28. The quantitative estimate of drug-likeness (QED) is 0.832. The molecule has 0 spiro atoms.